The molecule has 3 rings (SSSR count). The SMILES string of the molecule is O=C(NCCc1ccc(F)c(Br)c1)c1ccc2nc(C(F)F)[nH]c2c1. The summed E-state index contributed by atoms with van der Waals surface area (Å²) in [4.78, 5) is 18.4. The number of hydrogen-bond donors (Lipinski definition) is 2. The summed E-state index contributed by atoms with van der Waals surface area (Å²) in [6, 6.07) is 9.19. The average Bonchev–Trinajstić information content (AvgIpc) is 3.01. The minimum atomic E-state index is -2.69. The summed E-state index contributed by atoms with van der Waals surface area (Å²) in [5, 5.41) is 2.75. The zero-order valence-electron chi connectivity index (χ0n) is 12.8. The smallest absolute Gasteiger partial charge is 0.295 e. The van der Waals surface area contributed by atoms with Gasteiger partial charge < -0.3 is 10.3 Å². The van der Waals surface area contributed by atoms with Gasteiger partial charge in [0, 0.05) is 12.1 Å². The van der Waals surface area contributed by atoms with Crippen LogP contribution in [0.15, 0.2) is 40.9 Å². The van der Waals surface area contributed by atoms with E-state index in [1.165, 1.54) is 24.3 Å². The molecule has 1 amide bonds. The molecule has 3 aromatic rings. The van der Waals surface area contributed by atoms with Crippen LogP contribution >= 0.6 is 15.9 Å². The lowest BCUT2D eigenvalue weighted by Crippen LogP contribution is -2.25. The Labute approximate surface area is 149 Å². The second kappa shape index (κ2) is 7.26. The van der Waals surface area contributed by atoms with E-state index >= 15 is 0 Å². The van der Waals surface area contributed by atoms with Gasteiger partial charge in [-0.3, -0.25) is 4.79 Å². The van der Waals surface area contributed by atoms with E-state index < -0.39 is 12.2 Å². The van der Waals surface area contributed by atoms with Crippen molar-refractivity contribution in [2.75, 3.05) is 6.54 Å². The molecule has 130 valence electrons. The number of H-pyrrole nitrogens is 1. The van der Waals surface area contributed by atoms with E-state index in [9.17, 15) is 18.0 Å². The highest BCUT2D eigenvalue weighted by Gasteiger charge is 2.14. The van der Waals surface area contributed by atoms with E-state index in [0.717, 1.165) is 5.56 Å². The molecule has 1 heterocycles. The summed E-state index contributed by atoms with van der Waals surface area (Å²) < 4.78 is 38.8. The number of aromatic nitrogens is 2. The molecule has 0 bridgehead atoms. The fourth-order valence-electron chi connectivity index (χ4n) is 2.39. The van der Waals surface area contributed by atoms with Crippen LogP contribution in [0.4, 0.5) is 13.2 Å². The van der Waals surface area contributed by atoms with Gasteiger partial charge in [0.2, 0.25) is 0 Å². The van der Waals surface area contributed by atoms with Crippen molar-refractivity contribution in [1.82, 2.24) is 15.3 Å². The number of nitrogens with zero attached hydrogens (tertiary/aromatic N) is 1. The Bertz CT molecular complexity index is 927. The topological polar surface area (TPSA) is 57.8 Å². The molecule has 0 aliphatic rings. The number of benzene rings is 2. The molecule has 0 radical (unpaired) electrons. The summed E-state index contributed by atoms with van der Waals surface area (Å²) >= 11 is 3.11. The molecule has 0 fully saturated rings. The van der Waals surface area contributed by atoms with Gasteiger partial charge in [-0.1, -0.05) is 6.07 Å². The highest BCUT2D eigenvalue weighted by atomic mass is 79.9. The summed E-state index contributed by atoms with van der Waals surface area (Å²) in [6.45, 7) is 0.361. The van der Waals surface area contributed by atoms with E-state index in [1.54, 1.807) is 12.1 Å². The van der Waals surface area contributed by atoms with Gasteiger partial charge in [0.25, 0.3) is 12.3 Å². The minimum Gasteiger partial charge on any atom is -0.352 e. The number of amides is 1. The summed E-state index contributed by atoms with van der Waals surface area (Å²) in [7, 11) is 0. The molecule has 25 heavy (non-hydrogen) atoms. The number of imidazole rings is 1. The van der Waals surface area contributed by atoms with Crippen molar-refractivity contribution in [1.29, 1.82) is 0 Å². The zero-order chi connectivity index (χ0) is 18.0. The predicted molar refractivity (Wildman–Crippen MR) is 91.2 cm³/mol. The molecule has 0 aliphatic heterocycles. The van der Waals surface area contributed by atoms with Gasteiger partial charge in [-0.25, -0.2) is 18.2 Å². The van der Waals surface area contributed by atoms with E-state index in [0.29, 0.717) is 34.0 Å². The maximum Gasteiger partial charge on any atom is 0.295 e. The van der Waals surface area contributed by atoms with Crippen LogP contribution < -0.4 is 5.32 Å². The molecule has 0 saturated carbocycles. The van der Waals surface area contributed by atoms with Crippen LogP contribution in [0.2, 0.25) is 0 Å². The Kier molecular flexibility index (Phi) is 5.08. The number of fused-ring (bicyclic) bond motifs is 1. The summed E-state index contributed by atoms with van der Waals surface area (Å²) in [6.07, 6.45) is -2.16. The number of carbonyl (C=O) groups is 1. The van der Waals surface area contributed by atoms with Gasteiger partial charge in [-0.2, -0.15) is 0 Å². The average molecular weight is 412 g/mol. The molecule has 0 aliphatic carbocycles. The molecule has 8 heteroatoms. The van der Waals surface area contributed by atoms with Crippen molar-refractivity contribution in [3.05, 3.63) is 63.6 Å². The fraction of sp³-hybridized carbons (Fsp3) is 0.176. The van der Waals surface area contributed by atoms with Crippen LogP contribution in [-0.4, -0.2) is 22.4 Å². The molecule has 0 saturated heterocycles. The monoisotopic (exact) mass is 411 g/mol. The van der Waals surface area contributed by atoms with Crippen molar-refractivity contribution in [2.45, 2.75) is 12.8 Å². The molecule has 1 aromatic heterocycles. The largest absolute Gasteiger partial charge is 0.352 e. The molecule has 0 unspecified atom stereocenters. The highest BCUT2D eigenvalue weighted by Crippen LogP contribution is 2.21. The van der Waals surface area contributed by atoms with Crippen molar-refractivity contribution in [3.8, 4) is 0 Å². The number of nitrogens with one attached hydrogen (secondary N) is 2. The van der Waals surface area contributed by atoms with E-state index in [1.807, 2.05) is 0 Å². The number of carbonyl (C=O) groups excluding carboxylic acids is 1. The number of hydrogen-bond acceptors (Lipinski definition) is 2. The van der Waals surface area contributed by atoms with Crippen LogP contribution in [0.1, 0.15) is 28.2 Å². The van der Waals surface area contributed by atoms with Crippen LogP contribution in [0.3, 0.4) is 0 Å². The van der Waals surface area contributed by atoms with E-state index in [-0.39, 0.29) is 11.7 Å². The molecule has 2 N–H and O–H groups in total. The quantitative estimate of drug-likeness (QED) is 0.654. The molecule has 4 nitrogen and oxygen atoms in total. The Morgan fingerprint density at radius 3 is 2.76 bits per heavy atom. The molecular formula is C17H13BrF3N3O. The number of aromatic amines is 1. The van der Waals surface area contributed by atoms with Crippen LogP contribution in [0, 0.1) is 5.82 Å². The number of rotatable bonds is 5. The molecular weight excluding hydrogens is 399 g/mol. The molecule has 0 atom stereocenters. The summed E-state index contributed by atoms with van der Waals surface area (Å²) in [5.41, 5.74) is 1.98. The third-order valence-electron chi connectivity index (χ3n) is 3.65. The fourth-order valence-corrected chi connectivity index (χ4v) is 2.82. The second-order valence-electron chi connectivity index (χ2n) is 5.41. The maximum absolute atomic E-state index is 13.2. The first-order chi connectivity index (χ1) is 11.9. The first kappa shape index (κ1) is 17.5. The Morgan fingerprint density at radius 1 is 1.24 bits per heavy atom. The summed E-state index contributed by atoms with van der Waals surface area (Å²) in [5.74, 6) is -1.09. The number of alkyl halides is 2. The third-order valence-corrected chi connectivity index (χ3v) is 4.26. The van der Waals surface area contributed by atoms with Gasteiger partial charge in [0.1, 0.15) is 5.82 Å². The van der Waals surface area contributed by atoms with Crippen LogP contribution in [-0.2, 0) is 6.42 Å². The van der Waals surface area contributed by atoms with Gasteiger partial charge in [0.05, 0.1) is 15.5 Å². The molecule has 0 spiro atoms. The van der Waals surface area contributed by atoms with Gasteiger partial charge in [-0.15, -0.1) is 0 Å². The van der Waals surface area contributed by atoms with Gasteiger partial charge in [0.15, 0.2) is 5.82 Å². The highest BCUT2D eigenvalue weighted by molar-refractivity contribution is 9.10. The first-order valence-corrected chi connectivity index (χ1v) is 8.23. The standard InChI is InChI=1S/C17H13BrF3N3O/c18-11-7-9(1-3-12(11)19)5-6-22-17(25)10-2-4-13-14(8-10)24-16(23-13)15(20)21/h1-4,7-8,15H,5-6H2,(H,22,25)(H,23,24). The van der Waals surface area contributed by atoms with Gasteiger partial charge in [-0.05, 0) is 58.2 Å². The van der Waals surface area contributed by atoms with Crippen molar-refractivity contribution in [2.24, 2.45) is 0 Å². The number of halogens is 4. The van der Waals surface area contributed by atoms with E-state index in [2.05, 4.69) is 31.2 Å². The van der Waals surface area contributed by atoms with E-state index in [4.69, 9.17) is 0 Å². The van der Waals surface area contributed by atoms with Crippen LogP contribution in [0.5, 0.6) is 0 Å². The predicted octanol–water partition coefficient (Wildman–Crippen LogP) is 4.37. The Morgan fingerprint density at radius 2 is 2.04 bits per heavy atom. The first-order valence-electron chi connectivity index (χ1n) is 7.44. The lowest BCUT2D eigenvalue weighted by Gasteiger charge is -2.06. The molecule has 2 aromatic carbocycles. The lowest BCUT2D eigenvalue weighted by atomic mass is 10.1. The Hall–Kier alpha value is -2.35. The normalized spacial score (nSPS) is 11.2. The van der Waals surface area contributed by atoms with Crippen molar-refractivity contribution >= 4 is 32.9 Å². The van der Waals surface area contributed by atoms with Crippen LogP contribution in [0.25, 0.3) is 11.0 Å². The van der Waals surface area contributed by atoms with Crippen molar-refractivity contribution in [3.63, 3.8) is 0 Å². The zero-order valence-corrected chi connectivity index (χ0v) is 14.4. The second-order valence-corrected chi connectivity index (χ2v) is 6.26. The minimum absolute atomic E-state index is 0.323. The maximum atomic E-state index is 13.2. The van der Waals surface area contributed by atoms with Gasteiger partial charge >= 0.3 is 0 Å². The van der Waals surface area contributed by atoms with Crippen molar-refractivity contribution < 1.29 is 18.0 Å². The third kappa shape index (κ3) is 4.01. The lowest BCUT2D eigenvalue weighted by molar-refractivity contribution is 0.0954. The Balaban J connectivity index is 1.64.